The third-order valence-corrected chi connectivity index (χ3v) is 5.03. The molecule has 0 saturated carbocycles. The predicted molar refractivity (Wildman–Crippen MR) is 88.8 cm³/mol. The van der Waals surface area contributed by atoms with E-state index in [-0.39, 0.29) is 11.9 Å². The molecule has 25 heavy (non-hydrogen) atoms. The fourth-order valence-electron chi connectivity index (χ4n) is 3.75. The minimum absolute atomic E-state index is 0.107. The van der Waals surface area contributed by atoms with E-state index in [9.17, 15) is 9.59 Å². The highest BCUT2D eigenvalue weighted by Crippen LogP contribution is 2.31. The fourth-order valence-corrected chi connectivity index (χ4v) is 3.75. The van der Waals surface area contributed by atoms with E-state index in [0.29, 0.717) is 25.1 Å². The van der Waals surface area contributed by atoms with Gasteiger partial charge in [0, 0.05) is 19.5 Å². The summed E-state index contributed by atoms with van der Waals surface area (Å²) in [5, 5.41) is 4.19. The van der Waals surface area contributed by atoms with Crippen LogP contribution in [0, 0.1) is 0 Å². The molecule has 7 nitrogen and oxygen atoms in total. The van der Waals surface area contributed by atoms with Crippen molar-refractivity contribution in [2.24, 2.45) is 0 Å². The average Bonchev–Trinajstić information content (AvgIpc) is 3.16. The summed E-state index contributed by atoms with van der Waals surface area (Å²) in [6, 6.07) is 7.41. The van der Waals surface area contributed by atoms with E-state index in [0.717, 1.165) is 18.4 Å². The first kappa shape index (κ1) is 15.8. The van der Waals surface area contributed by atoms with Gasteiger partial charge in [-0.2, -0.15) is 5.10 Å². The molecule has 0 spiro atoms. The largest absolute Gasteiger partial charge is 0.445 e. The van der Waals surface area contributed by atoms with Crippen LogP contribution in [0.3, 0.4) is 0 Å². The first-order valence-electron chi connectivity index (χ1n) is 8.51. The first-order chi connectivity index (χ1) is 12.1. The van der Waals surface area contributed by atoms with Crippen LogP contribution >= 0.6 is 0 Å². The monoisotopic (exact) mass is 340 g/mol. The van der Waals surface area contributed by atoms with Gasteiger partial charge < -0.3 is 9.64 Å². The van der Waals surface area contributed by atoms with Crippen molar-refractivity contribution in [3.63, 3.8) is 0 Å². The SMILES string of the molecule is CC1(C(=O)N2CCCC(n3cncn3)C2)Cc2ccccc2C(=O)O1. The van der Waals surface area contributed by atoms with Crippen LogP contribution in [0.1, 0.15) is 41.7 Å². The number of esters is 1. The van der Waals surface area contributed by atoms with Gasteiger partial charge in [-0.15, -0.1) is 0 Å². The number of nitrogens with zero attached hydrogens (tertiary/aromatic N) is 4. The molecular weight excluding hydrogens is 320 g/mol. The fraction of sp³-hybridized carbons (Fsp3) is 0.444. The summed E-state index contributed by atoms with van der Waals surface area (Å²) in [5.74, 6) is -0.567. The molecule has 0 radical (unpaired) electrons. The van der Waals surface area contributed by atoms with E-state index >= 15 is 0 Å². The van der Waals surface area contributed by atoms with Crippen molar-refractivity contribution in [1.29, 1.82) is 0 Å². The van der Waals surface area contributed by atoms with Crippen molar-refractivity contribution >= 4 is 11.9 Å². The molecular formula is C18H20N4O3. The Kier molecular flexibility index (Phi) is 3.78. The number of likely N-dealkylation sites (tertiary alicyclic amines) is 1. The molecule has 1 aromatic carbocycles. The Bertz CT molecular complexity index is 804. The van der Waals surface area contributed by atoms with E-state index in [1.807, 2.05) is 12.1 Å². The Balaban J connectivity index is 1.55. The molecule has 0 aliphatic carbocycles. The number of carbonyl (C=O) groups is 2. The van der Waals surface area contributed by atoms with E-state index in [2.05, 4.69) is 10.1 Å². The van der Waals surface area contributed by atoms with Crippen LogP contribution < -0.4 is 0 Å². The van der Waals surface area contributed by atoms with Gasteiger partial charge in [0.1, 0.15) is 12.7 Å². The maximum Gasteiger partial charge on any atom is 0.339 e. The van der Waals surface area contributed by atoms with Crippen LogP contribution in [0.2, 0.25) is 0 Å². The van der Waals surface area contributed by atoms with Crippen molar-refractivity contribution in [2.45, 2.75) is 37.8 Å². The molecule has 2 aliphatic rings. The number of carbonyl (C=O) groups excluding carboxylic acids is 2. The molecule has 1 saturated heterocycles. The van der Waals surface area contributed by atoms with Gasteiger partial charge in [0.25, 0.3) is 5.91 Å². The van der Waals surface area contributed by atoms with Gasteiger partial charge in [-0.25, -0.2) is 14.5 Å². The Labute approximate surface area is 145 Å². The number of fused-ring (bicyclic) bond motifs is 1. The smallest absolute Gasteiger partial charge is 0.339 e. The Morgan fingerprint density at radius 3 is 3.00 bits per heavy atom. The van der Waals surface area contributed by atoms with Gasteiger partial charge >= 0.3 is 5.97 Å². The van der Waals surface area contributed by atoms with Crippen LogP contribution in [0.5, 0.6) is 0 Å². The second kappa shape index (κ2) is 5.98. The number of hydrogen-bond donors (Lipinski definition) is 0. The van der Waals surface area contributed by atoms with Crippen LogP contribution in [0.25, 0.3) is 0 Å². The molecule has 130 valence electrons. The maximum atomic E-state index is 13.1. The highest BCUT2D eigenvalue weighted by atomic mass is 16.6. The van der Waals surface area contributed by atoms with Crippen LogP contribution in [-0.4, -0.2) is 50.2 Å². The van der Waals surface area contributed by atoms with E-state index in [1.165, 1.54) is 6.33 Å². The zero-order chi connectivity index (χ0) is 17.4. The number of amides is 1. The molecule has 0 N–H and O–H groups in total. The second-order valence-electron chi connectivity index (χ2n) is 6.88. The number of aromatic nitrogens is 3. The van der Waals surface area contributed by atoms with Crippen molar-refractivity contribution in [3.8, 4) is 0 Å². The summed E-state index contributed by atoms with van der Waals surface area (Å²) in [7, 11) is 0. The lowest BCUT2D eigenvalue weighted by molar-refractivity contribution is -0.152. The minimum atomic E-state index is -1.16. The Morgan fingerprint density at radius 1 is 1.36 bits per heavy atom. The number of piperidine rings is 1. The predicted octanol–water partition coefficient (Wildman–Crippen LogP) is 1.61. The van der Waals surface area contributed by atoms with Crippen LogP contribution in [-0.2, 0) is 16.0 Å². The molecule has 2 aromatic rings. The zero-order valence-corrected chi connectivity index (χ0v) is 14.1. The standard InChI is InChI=1S/C18H20N4O3/c1-18(9-13-5-2-3-7-15(13)16(23)25-18)17(24)21-8-4-6-14(10-21)22-12-19-11-20-22/h2-3,5,7,11-12,14H,4,6,8-10H2,1H3. The quantitative estimate of drug-likeness (QED) is 0.776. The summed E-state index contributed by atoms with van der Waals surface area (Å²) in [6.45, 7) is 2.93. The Hall–Kier alpha value is -2.70. The van der Waals surface area contributed by atoms with Gasteiger partial charge in [-0.1, -0.05) is 18.2 Å². The van der Waals surface area contributed by atoms with Crippen molar-refractivity contribution in [2.75, 3.05) is 13.1 Å². The maximum absolute atomic E-state index is 13.1. The lowest BCUT2D eigenvalue weighted by Crippen LogP contribution is -2.55. The van der Waals surface area contributed by atoms with Gasteiger partial charge in [0.2, 0.25) is 0 Å². The highest BCUT2D eigenvalue weighted by molar-refractivity contribution is 5.97. The number of benzene rings is 1. The lowest BCUT2D eigenvalue weighted by atomic mass is 9.88. The number of cyclic esters (lactones) is 1. The molecule has 2 atom stereocenters. The minimum Gasteiger partial charge on any atom is -0.445 e. The molecule has 3 heterocycles. The molecule has 1 amide bonds. The zero-order valence-electron chi connectivity index (χ0n) is 14.1. The summed E-state index contributed by atoms with van der Waals surface area (Å²) in [4.78, 5) is 31.2. The molecule has 1 aromatic heterocycles. The molecule has 2 aliphatic heterocycles. The van der Waals surface area contributed by atoms with Crippen molar-refractivity contribution in [1.82, 2.24) is 19.7 Å². The molecule has 7 heteroatoms. The van der Waals surface area contributed by atoms with Gasteiger partial charge in [-0.3, -0.25) is 4.79 Å². The molecule has 1 fully saturated rings. The first-order valence-corrected chi connectivity index (χ1v) is 8.51. The molecule has 0 bridgehead atoms. The summed E-state index contributed by atoms with van der Waals surface area (Å²) in [6.07, 6.45) is 5.42. The topological polar surface area (TPSA) is 77.3 Å². The normalized spacial score (nSPS) is 26.0. The van der Waals surface area contributed by atoms with Crippen LogP contribution in [0.4, 0.5) is 0 Å². The van der Waals surface area contributed by atoms with Crippen molar-refractivity contribution in [3.05, 3.63) is 48.0 Å². The van der Waals surface area contributed by atoms with Crippen LogP contribution in [0.15, 0.2) is 36.9 Å². The summed E-state index contributed by atoms with van der Waals surface area (Å²) >= 11 is 0. The summed E-state index contributed by atoms with van der Waals surface area (Å²) in [5.41, 5.74) is 0.252. The van der Waals surface area contributed by atoms with Gasteiger partial charge in [-0.05, 0) is 31.4 Å². The second-order valence-corrected chi connectivity index (χ2v) is 6.88. The third kappa shape index (κ3) is 2.79. The van der Waals surface area contributed by atoms with Gasteiger partial charge in [0.15, 0.2) is 5.60 Å². The number of ether oxygens (including phenoxy) is 1. The highest BCUT2D eigenvalue weighted by Gasteiger charge is 2.45. The third-order valence-electron chi connectivity index (χ3n) is 5.03. The van der Waals surface area contributed by atoms with E-state index < -0.39 is 11.6 Å². The van der Waals surface area contributed by atoms with E-state index in [1.54, 1.807) is 35.0 Å². The average molecular weight is 340 g/mol. The Morgan fingerprint density at radius 2 is 2.20 bits per heavy atom. The number of hydrogen-bond acceptors (Lipinski definition) is 5. The molecule has 2 unspecified atom stereocenters. The summed E-state index contributed by atoms with van der Waals surface area (Å²) < 4.78 is 7.37. The molecule has 4 rings (SSSR count). The lowest BCUT2D eigenvalue weighted by Gasteiger charge is -2.40. The van der Waals surface area contributed by atoms with Gasteiger partial charge in [0.05, 0.1) is 11.6 Å². The number of rotatable bonds is 2. The van der Waals surface area contributed by atoms with E-state index in [4.69, 9.17) is 4.74 Å². The van der Waals surface area contributed by atoms with Crippen molar-refractivity contribution < 1.29 is 14.3 Å².